The molecule has 14 rings (SSSR count). The van der Waals surface area contributed by atoms with Crippen LogP contribution in [0.2, 0.25) is 0 Å². The molecule has 13 aromatic rings. The second kappa shape index (κ2) is 18.0. The van der Waals surface area contributed by atoms with Crippen molar-refractivity contribution >= 4 is 98.5 Å². The van der Waals surface area contributed by atoms with Gasteiger partial charge in [-0.15, -0.1) is 53.6 Å². The van der Waals surface area contributed by atoms with Crippen molar-refractivity contribution in [2.45, 2.75) is 52.4 Å². The molecule has 0 bridgehead atoms. The minimum absolute atomic E-state index is 0. The quantitative estimate of drug-likeness (QED) is 0.123. The van der Waals surface area contributed by atoms with Crippen molar-refractivity contribution in [3.63, 3.8) is 0 Å². The number of hydrogen-bond acceptors (Lipinski definition) is 4. The number of anilines is 4. The van der Waals surface area contributed by atoms with E-state index in [4.69, 9.17) is 9.72 Å². The van der Waals surface area contributed by atoms with Gasteiger partial charge >= 0.3 is 0 Å². The van der Waals surface area contributed by atoms with Crippen LogP contribution in [0.25, 0.3) is 92.7 Å². The van der Waals surface area contributed by atoms with E-state index >= 15 is 0 Å². The van der Waals surface area contributed by atoms with E-state index < -0.39 is 0 Å². The number of fused-ring (bicyclic) bond motifs is 13. The number of hydrogen-bond donors (Lipinski definition) is 0. The first-order valence-corrected chi connectivity index (χ1v) is 25.9. The maximum Gasteiger partial charge on any atom is 0.144 e. The summed E-state index contributed by atoms with van der Waals surface area (Å²) in [5.41, 5.74) is 11.6. The molecule has 1 aliphatic heterocycles. The number of pyridine rings is 1. The minimum atomic E-state index is -0.0346. The van der Waals surface area contributed by atoms with Crippen LogP contribution in [0.1, 0.15) is 52.7 Å². The molecule has 0 saturated carbocycles. The minimum Gasteiger partial charge on any atom is -0.509 e. The van der Waals surface area contributed by atoms with Crippen molar-refractivity contribution in [2.24, 2.45) is 0 Å². The number of aromatic nitrogens is 2. The predicted octanol–water partition coefficient (Wildman–Crippen LogP) is 19.0. The molecule has 0 aliphatic carbocycles. The maximum absolute atomic E-state index is 7.05. The first-order valence-electron chi connectivity index (χ1n) is 25.9. The summed E-state index contributed by atoms with van der Waals surface area (Å²) in [5, 5.41) is 12.8. The van der Waals surface area contributed by atoms with Crippen molar-refractivity contribution in [1.82, 2.24) is 9.55 Å². The van der Waals surface area contributed by atoms with Crippen LogP contribution in [0.15, 0.2) is 206 Å². The Balaban J connectivity index is 0.00000553. The summed E-state index contributed by atoms with van der Waals surface area (Å²) in [6.45, 7) is 16.0. The first kappa shape index (κ1) is 47.5. The molecule has 0 unspecified atom stereocenters. The van der Waals surface area contributed by atoms with Crippen LogP contribution in [0.5, 0.6) is 11.5 Å². The molecule has 0 radical (unpaired) electrons. The molecule has 1 aliphatic rings. The van der Waals surface area contributed by atoms with Crippen LogP contribution in [0.3, 0.4) is 0 Å². The summed E-state index contributed by atoms with van der Waals surface area (Å²) >= 11 is 0. The monoisotopic (exact) mass is 1160 g/mol. The van der Waals surface area contributed by atoms with Gasteiger partial charge in [0.1, 0.15) is 5.82 Å². The SMILES string of the molecule is CC(C)(C)c1cc(N2[CH-]N(c3[c-]c(Oc4[c-]c5c(cc4)c4ccccc4n5-c4nc5ccc6ccc7ccccc7c6c5c5c4ccc4ccccc45)cc(-c4ccccc4)c3)c3ccccc32)cc(C(C)(C)C)c1.[Pt]. The smallest absolute Gasteiger partial charge is 0.144 e. The molecule has 0 spiro atoms. The molecule has 0 saturated heterocycles. The number of rotatable bonds is 6. The van der Waals surface area contributed by atoms with E-state index in [9.17, 15) is 0 Å². The summed E-state index contributed by atoms with van der Waals surface area (Å²) in [4.78, 5) is 10.3. The van der Waals surface area contributed by atoms with Gasteiger partial charge in [-0.3, -0.25) is 0 Å². The van der Waals surface area contributed by atoms with Gasteiger partial charge in [-0.1, -0.05) is 187 Å². The first-order chi connectivity index (χ1) is 36.4. The zero-order chi connectivity index (χ0) is 50.7. The van der Waals surface area contributed by atoms with Crippen molar-refractivity contribution in [2.75, 3.05) is 9.80 Å². The topological polar surface area (TPSA) is 33.5 Å². The van der Waals surface area contributed by atoms with Crippen molar-refractivity contribution < 1.29 is 25.8 Å². The van der Waals surface area contributed by atoms with E-state index in [1.807, 2.05) is 6.07 Å². The second-order valence-electron chi connectivity index (χ2n) is 22.1. The Morgan fingerprint density at radius 3 is 1.76 bits per heavy atom. The Labute approximate surface area is 457 Å². The van der Waals surface area contributed by atoms with Crippen molar-refractivity contribution in [3.8, 4) is 28.4 Å². The fourth-order valence-corrected chi connectivity index (χ4v) is 11.4. The fraction of sp³-hybridized carbons (Fsp3) is 0.114. The van der Waals surface area contributed by atoms with Gasteiger partial charge in [-0.25, -0.2) is 4.98 Å². The summed E-state index contributed by atoms with van der Waals surface area (Å²) < 4.78 is 9.34. The number of nitrogens with zero attached hydrogens (tertiary/aromatic N) is 4. The third-order valence-corrected chi connectivity index (χ3v) is 15.3. The van der Waals surface area contributed by atoms with E-state index in [0.717, 1.165) is 77.8 Å². The van der Waals surface area contributed by atoms with Crippen molar-refractivity contribution in [3.05, 3.63) is 236 Å². The Bertz CT molecular complexity index is 4440. The van der Waals surface area contributed by atoms with Crippen LogP contribution in [0.4, 0.5) is 22.7 Å². The third-order valence-electron chi connectivity index (χ3n) is 15.3. The van der Waals surface area contributed by atoms with Crippen LogP contribution in [0, 0.1) is 18.8 Å². The molecule has 0 N–H and O–H groups in total. The molecule has 5 nitrogen and oxygen atoms in total. The fourth-order valence-electron chi connectivity index (χ4n) is 11.4. The molecule has 6 heteroatoms. The van der Waals surface area contributed by atoms with Crippen LogP contribution < -0.4 is 14.5 Å². The standard InChI is InChI=1S/C70H53N4O.Pt/c1-69(2,3)49-38-50(70(4,5)6)40-52(39-49)73-43-72(62-26-16-17-27-63(62)73)51-36-48(44-18-8-7-9-19-44)37-54(41-51)75-53-32-34-58-57-24-14-15-25-61(57)74(64(58)42-53)68-59-33-30-46-21-11-13-23-56(46)66(59)67-60(71-68)35-31-47-29-28-45-20-10-12-22-55(45)65(47)67;/h7-40,43H,1-6H3;/q-3;. The summed E-state index contributed by atoms with van der Waals surface area (Å²) in [5.74, 6) is 2.00. The van der Waals surface area contributed by atoms with Gasteiger partial charge in [0.05, 0.1) is 5.52 Å². The molecule has 0 amide bonds. The average Bonchev–Trinajstić information content (AvgIpc) is 4.11. The van der Waals surface area contributed by atoms with Gasteiger partial charge in [-0.2, -0.15) is 6.07 Å². The van der Waals surface area contributed by atoms with Crippen LogP contribution >= 0.6 is 0 Å². The Morgan fingerprint density at radius 1 is 0.447 bits per heavy atom. The van der Waals surface area contributed by atoms with Gasteiger partial charge in [0.2, 0.25) is 0 Å². The van der Waals surface area contributed by atoms with Gasteiger partial charge in [0.15, 0.2) is 0 Å². The predicted molar refractivity (Wildman–Crippen MR) is 315 cm³/mol. The molecule has 372 valence electrons. The zero-order valence-corrected chi connectivity index (χ0v) is 45.5. The molecule has 0 fully saturated rings. The van der Waals surface area contributed by atoms with E-state index in [2.05, 4.69) is 275 Å². The van der Waals surface area contributed by atoms with E-state index in [1.54, 1.807) is 0 Å². The largest absolute Gasteiger partial charge is 0.509 e. The van der Waals surface area contributed by atoms with Crippen LogP contribution in [-0.2, 0) is 31.9 Å². The molecule has 76 heavy (non-hydrogen) atoms. The van der Waals surface area contributed by atoms with Gasteiger partial charge in [0.25, 0.3) is 0 Å². The van der Waals surface area contributed by atoms with Gasteiger partial charge in [0, 0.05) is 71.3 Å². The molecule has 2 aromatic heterocycles. The Morgan fingerprint density at radius 2 is 1.04 bits per heavy atom. The zero-order valence-electron chi connectivity index (χ0n) is 43.2. The summed E-state index contributed by atoms with van der Waals surface area (Å²) in [6, 6.07) is 81.7. The van der Waals surface area contributed by atoms with E-state index in [0.29, 0.717) is 11.5 Å². The summed E-state index contributed by atoms with van der Waals surface area (Å²) in [7, 11) is 0. The van der Waals surface area contributed by atoms with Gasteiger partial charge in [-0.05, 0) is 108 Å². The van der Waals surface area contributed by atoms with Crippen LogP contribution in [-0.4, -0.2) is 9.55 Å². The molecular formula is C70H53N4OPt-3. The third kappa shape index (κ3) is 7.82. The number of benzene rings is 11. The Kier molecular flexibility index (Phi) is 11.2. The summed E-state index contributed by atoms with van der Waals surface area (Å²) in [6.07, 6.45) is 0. The average molecular weight is 1160 g/mol. The number of ether oxygens (including phenoxy) is 1. The maximum atomic E-state index is 7.05. The van der Waals surface area contributed by atoms with Crippen molar-refractivity contribution in [1.29, 1.82) is 0 Å². The second-order valence-corrected chi connectivity index (χ2v) is 22.1. The molecule has 11 aromatic carbocycles. The Hall–Kier alpha value is -8.24. The molecule has 3 heterocycles. The van der Waals surface area contributed by atoms with E-state index in [-0.39, 0.29) is 31.9 Å². The van der Waals surface area contributed by atoms with Gasteiger partial charge < -0.3 is 19.1 Å². The van der Waals surface area contributed by atoms with E-state index in [1.165, 1.54) is 48.8 Å². The molecular weight excluding hydrogens is 1110 g/mol. The molecule has 0 atom stereocenters. The normalized spacial score (nSPS) is 12.9. The number of para-hydroxylation sites is 3.